The summed E-state index contributed by atoms with van der Waals surface area (Å²) in [7, 11) is 1.73. The number of pyridine rings is 1. The highest BCUT2D eigenvalue weighted by Gasteiger charge is 2.40. The molecule has 1 atom stereocenters. The highest BCUT2D eigenvalue weighted by molar-refractivity contribution is 5.78. The first-order valence-corrected chi connectivity index (χ1v) is 12.5. The minimum atomic E-state index is -1.08. The van der Waals surface area contributed by atoms with Gasteiger partial charge in [-0.3, -0.25) is 9.69 Å². The van der Waals surface area contributed by atoms with Crippen molar-refractivity contribution in [1.29, 1.82) is 0 Å². The van der Waals surface area contributed by atoms with Crippen LogP contribution in [0.2, 0.25) is 0 Å². The van der Waals surface area contributed by atoms with Crippen molar-refractivity contribution in [1.82, 2.24) is 9.88 Å². The smallest absolute Gasteiger partial charge is 0.310 e. The molecule has 1 aromatic heterocycles. The summed E-state index contributed by atoms with van der Waals surface area (Å²) in [5.41, 5.74) is 12.7. The standard InChI is InChI=1S/C29H37N5O3/c1-18-8-9-20(15-22(18)17-34-13-14-37-27-21(16-34)7-6-12-32-27)25(29(3,4)28(35)36)23-10-11-24(33(5)31)26(30)19(23)2/h6-12,15,25H,13-14,16-17,30-31H2,1-5H3,(H,35,36). The van der Waals surface area contributed by atoms with Crippen LogP contribution in [0.15, 0.2) is 48.7 Å². The lowest BCUT2D eigenvalue weighted by molar-refractivity contribution is -0.147. The molecule has 37 heavy (non-hydrogen) atoms. The number of carboxylic acid groups (broad SMARTS) is 1. The van der Waals surface area contributed by atoms with E-state index in [0.29, 0.717) is 23.9 Å². The number of benzene rings is 2. The molecule has 2 aromatic carbocycles. The van der Waals surface area contributed by atoms with Gasteiger partial charge in [0.05, 0.1) is 16.8 Å². The molecular weight excluding hydrogens is 466 g/mol. The number of aromatic nitrogens is 1. The van der Waals surface area contributed by atoms with Crippen LogP contribution in [0.1, 0.15) is 53.1 Å². The number of ether oxygens (including phenoxy) is 1. The fourth-order valence-corrected chi connectivity index (χ4v) is 5.14. The van der Waals surface area contributed by atoms with Gasteiger partial charge in [0.25, 0.3) is 0 Å². The van der Waals surface area contributed by atoms with Crippen LogP contribution in [0, 0.1) is 19.3 Å². The normalized spacial score (nSPS) is 14.9. The van der Waals surface area contributed by atoms with E-state index >= 15 is 0 Å². The fourth-order valence-electron chi connectivity index (χ4n) is 5.14. The maximum absolute atomic E-state index is 12.5. The van der Waals surface area contributed by atoms with Crippen LogP contribution in [0.3, 0.4) is 0 Å². The summed E-state index contributed by atoms with van der Waals surface area (Å²) in [6, 6.07) is 14.1. The van der Waals surface area contributed by atoms with Crippen molar-refractivity contribution >= 4 is 17.3 Å². The molecule has 5 N–H and O–H groups in total. The Hall–Kier alpha value is -3.62. The Kier molecular flexibility index (Phi) is 7.43. The number of anilines is 2. The van der Waals surface area contributed by atoms with Crippen LogP contribution in [-0.4, -0.2) is 41.2 Å². The molecule has 0 spiro atoms. The molecule has 0 saturated heterocycles. The number of aryl methyl sites for hydroxylation is 1. The molecule has 0 fully saturated rings. The van der Waals surface area contributed by atoms with Gasteiger partial charge < -0.3 is 20.6 Å². The number of aliphatic carboxylic acids is 1. The minimum absolute atomic E-state index is 0.416. The molecule has 0 bridgehead atoms. The van der Waals surface area contributed by atoms with Gasteiger partial charge in [-0.05, 0) is 67.6 Å². The SMILES string of the molecule is Cc1ccc(C(c2ccc(N(C)N)c(N)c2C)C(C)(C)C(=O)O)cc1CN1CCOc2ncccc2C1. The molecule has 196 valence electrons. The topological polar surface area (TPSA) is 118 Å². The lowest BCUT2D eigenvalue weighted by Gasteiger charge is -2.34. The van der Waals surface area contributed by atoms with E-state index in [1.165, 1.54) is 5.01 Å². The monoisotopic (exact) mass is 503 g/mol. The molecule has 3 aromatic rings. The van der Waals surface area contributed by atoms with Crippen molar-refractivity contribution in [2.75, 3.05) is 30.9 Å². The van der Waals surface area contributed by atoms with Gasteiger partial charge in [-0.2, -0.15) is 0 Å². The first-order valence-electron chi connectivity index (χ1n) is 12.5. The number of nitrogen functional groups attached to an aromatic ring is 1. The summed E-state index contributed by atoms with van der Waals surface area (Å²) in [5.74, 6) is 5.37. The zero-order chi connectivity index (χ0) is 26.9. The molecule has 1 aliphatic heterocycles. The average molecular weight is 504 g/mol. The van der Waals surface area contributed by atoms with E-state index in [1.54, 1.807) is 27.1 Å². The van der Waals surface area contributed by atoms with E-state index in [1.807, 2.05) is 37.3 Å². The molecule has 2 heterocycles. The van der Waals surface area contributed by atoms with Crippen molar-refractivity contribution in [2.24, 2.45) is 11.3 Å². The van der Waals surface area contributed by atoms with Gasteiger partial charge in [-0.15, -0.1) is 0 Å². The maximum atomic E-state index is 12.5. The first-order chi connectivity index (χ1) is 17.5. The number of carbonyl (C=O) groups is 1. The number of hydrogen-bond acceptors (Lipinski definition) is 7. The second-order valence-electron chi connectivity index (χ2n) is 10.5. The lowest BCUT2D eigenvalue weighted by Crippen LogP contribution is -2.33. The Bertz CT molecular complexity index is 1300. The quantitative estimate of drug-likeness (QED) is 0.249. The molecule has 8 nitrogen and oxygen atoms in total. The van der Waals surface area contributed by atoms with Crippen LogP contribution in [0.4, 0.5) is 11.4 Å². The molecule has 4 rings (SSSR count). The number of carboxylic acids is 1. The molecular formula is C29H37N5O3. The number of nitrogens with zero attached hydrogens (tertiary/aromatic N) is 3. The van der Waals surface area contributed by atoms with E-state index in [-0.39, 0.29) is 0 Å². The lowest BCUT2D eigenvalue weighted by atomic mass is 9.69. The summed E-state index contributed by atoms with van der Waals surface area (Å²) in [6.45, 7) is 10.4. The summed E-state index contributed by atoms with van der Waals surface area (Å²) in [6.07, 6.45) is 1.75. The van der Waals surface area contributed by atoms with Gasteiger partial charge in [0.1, 0.15) is 6.61 Å². The minimum Gasteiger partial charge on any atom is -0.481 e. The van der Waals surface area contributed by atoms with E-state index in [4.69, 9.17) is 16.3 Å². The van der Waals surface area contributed by atoms with E-state index < -0.39 is 17.3 Å². The van der Waals surface area contributed by atoms with E-state index in [9.17, 15) is 9.90 Å². The summed E-state index contributed by atoms with van der Waals surface area (Å²) in [4.78, 5) is 19.2. The Morgan fingerprint density at radius 2 is 2.00 bits per heavy atom. The summed E-state index contributed by atoms with van der Waals surface area (Å²) >= 11 is 0. The Morgan fingerprint density at radius 3 is 2.70 bits per heavy atom. The van der Waals surface area contributed by atoms with Gasteiger partial charge in [0.2, 0.25) is 5.88 Å². The second kappa shape index (κ2) is 10.4. The Morgan fingerprint density at radius 1 is 1.24 bits per heavy atom. The molecule has 0 aliphatic carbocycles. The van der Waals surface area contributed by atoms with Gasteiger partial charge in [-0.25, -0.2) is 10.8 Å². The van der Waals surface area contributed by atoms with Gasteiger partial charge in [-0.1, -0.05) is 30.3 Å². The molecule has 1 unspecified atom stereocenters. The highest BCUT2D eigenvalue weighted by atomic mass is 16.5. The zero-order valence-corrected chi connectivity index (χ0v) is 22.3. The molecule has 1 aliphatic rings. The van der Waals surface area contributed by atoms with Crippen LogP contribution in [0.5, 0.6) is 5.88 Å². The number of fused-ring (bicyclic) bond motifs is 1. The van der Waals surface area contributed by atoms with Crippen LogP contribution in [0.25, 0.3) is 0 Å². The third-order valence-corrected chi connectivity index (χ3v) is 7.49. The van der Waals surface area contributed by atoms with Crippen molar-refractivity contribution < 1.29 is 14.6 Å². The fraction of sp³-hybridized carbons (Fsp3) is 0.379. The van der Waals surface area contributed by atoms with Crippen molar-refractivity contribution in [3.63, 3.8) is 0 Å². The Balaban J connectivity index is 1.75. The Labute approximate surface area is 218 Å². The first kappa shape index (κ1) is 26.4. The van der Waals surface area contributed by atoms with Crippen LogP contribution >= 0.6 is 0 Å². The highest BCUT2D eigenvalue weighted by Crippen LogP contribution is 2.45. The predicted molar refractivity (Wildman–Crippen MR) is 146 cm³/mol. The van der Waals surface area contributed by atoms with Crippen molar-refractivity contribution in [3.8, 4) is 5.88 Å². The third-order valence-electron chi connectivity index (χ3n) is 7.49. The number of rotatable bonds is 7. The molecule has 8 heteroatoms. The van der Waals surface area contributed by atoms with Crippen LogP contribution < -0.4 is 21.3 Å². The number of hydrazine groups is 1. The van der Waals surface area contributed by atoms with Crippen molar-refractivity contribution in [2.45, 2.75) is 46.7 Å². The van der Waals surface area contributed by atoms with Gasteiger partial charge in [0, 0.05) is 44.4 Å². The van der Waals surface area contributed by atoms with Gasteiger partial charge >= 0.3 is 5.97 Å². The summed E-state index contributed by atoms with van der Waals surface area (Å²) in [5, 5.41) is 11.7. The summed E-state index contributed by atoms with van der Waals surface area (Å²) < 4.78 is 5.85. The van der Waals surface area contributed by atoms with Gasteiger partial charge in [0.15, 0.2) is 0 Å². The maximum Gasteiger partial charge on any atom is 0.310 e. The zero-order valence-electron chi connectivity index (χ0n) is 22.3. The van der Waals surface area contributed by atoms with E-state index in [0.717, 1.165) is 53.0 Å². The second-order valence-corrected chi connectivity index (χ2v) is 10.5. The average Bonchev–Trinajstić information content (AvgIpc) is 3.05. The van der Waals surface area contributed by atoms with Crippen molar-refractivity contribution in [3.05, 3.63) is 82.0 Å². The van der Waals surface area contributed by atoms with E-state index in [2.05, 4.69) is 28.9 Å². The number of nitrogens with two attached hydrogens (primary N) is 2. The largest absolute Gasteiger partial charge is 0.481 e. The van der Waals surface area contributed by atoms with Crippen LogP contribution in [-0.2, 0) is 17.9 Å². The number of hydrogen-bond donors (Lipinski definition) is 3. The third kappa shape index (κ3) is 5.26. The molecule has 0 saturated carbocycles. The predicted octanol–water partition coefficient (Wildman–Crippen LogP) is 4.23. The molecule has 0 radical (unpaired) electrons. The molecule has 0 amide bonds.